The molecule has 0 unspecified atom stereocenters. The predicted octanol–water partition coefficient (Wildman–Crippen LogP) is 3.59. The molecule has 0 spiro atoms. The van der Waals surface area contributed by atoms with E-state index in [1.54, 1.807) is 7.05 Å². The number of aromatic nitrogens is 2. The first-order valence-electron chi connectivity index (χ1n) is 7.99. The fourth-order valence-corrected chi connectivity index (χ4v) is 3.16. The summed E-state index contributed by atoms with van der Waals surface area (Å²) in [4.78, 5) is 16.9. The monoisotopic (exact) mass is 305 g/mol. The molecule has 0 atom stereocenters. The van der Waals surface area contributed by atoms with Gasteiger partial charge < -0.3 is 5.32 Å². The van der Waals surface area contributed by atoms with Crippen LogP contribution < -0.4 is 10.9 Å². The standard InChI is InChI=1S/C19H19N3O/c1-12-5-3-4-6-15(12)17-16-11-14(13-7-8-13)9-10-22(16)19(20-2)21-18(17)23/h3-6,9-11,13H,7-8H2,1-2H3,(H,20,21,23). The molecule has 0 amide bonds. The van der Waals surface area contributed by atoms with E-state index in [-0.39, 0.29) is 5.56 Å². The van der Waals surface area contributed by atoms with Gasteiger partial charge in [0.05, 0.1) is 11.1 Å². The van der Waals surface area contributed by atoms with E-state index in [0.717, 1.165) is 16.6 Å². The molecule has 1 aromatic carbocycles. The van der Waals surface area contributed by atoms with Crippen molar-refractivity contribution in [3.8, 4) is 11.1 Å². The minimum atomic E-state index is -0.184. The van der Waals surface area contributed by atoms with Crippen molar-refractivity contribution in [2.45, 2.75) is 25.7 Å². The van der Waals surface area contributed by atoms with Crippen LogP contribution >= 0.6 is 0 Å². The minimum absolute atomic E-state index is 0.184. The van der Waals surface area contributed by atoms with Crippen LogP contribution in [0.25, 0.3) is 16.6 Å². The summed E-state index contributed by atoms with van der Waals surface area (Å²) in [5.74, 6) is 1.22. The van der Waals surface area contributed by atoms with Gasteiger partial charge in [-0.3, -0.25) is 9.20 Å². The summed E-state index contributed by atoms with van der Waals surface area (Å²) in [5.41, 5.74) is 4.78. The SMILES string of the molecule is CNc1nc(=O)c(-c2ccccc2C)c2cc(C3CC3)ccn12. The molecule has 116 valence electrons. The van der Waals surface area contributed by atoms with Gasteiger partial charge in [0.15, 0.2) is 0 Å². The van der Waals surface area contributed by atoms with Gasteiger partial charge in [0.25, 0.3) is 5.56 Å². The zero-order valence-electron chi connectivity index (χ0n) is 13.3. The molecule has 2 aromatic heterocycles. The van der Waals surface area contributed by atoms with Crippen molar-refractivity contribution < 1.29 is 0 Å². The topological polar surface area (TPSA) is 46.4 Å². The Morgan fingerprint density at radius 2 is 2.00 bits per heavy atom. The lowest BCUT2D eigenvalue weighted by atomic mass is 10.00. The lowest BCUT2D eigenvalue weighted by molar-refractivity contribution is 1.02. The molecule has 0 bridgehead atoms. The Kier molecular flexibility index (Phi) is 3.18. The highest BCUT2D eigenvalue weighted by molar-refractivity contribution is 5.82. The molecule has 1 N–H and O–H groups in total. The van der Waals surface area contributed by atoms with Crippen LogP contribution in [0, 0.1) is 6.92 Å². The van der Waals surface area contributed by atoms with Crippen molar-refractivity contribution in [2.24, 2.45) is 0 Å². The van der Waals surface area contributed by atoms with E-state index in [4.69, 9.17) is 0 Å². The number of fused-ring (bicyclic) bond motifs is 1. The largest absolute Gasteiger partial charge is 0.358 e. The van der Waals surface area contributed by atoms with Gasteiger partial charge in [-0.2, -0.15) is 4.98 Å². The van der Waals surface area contributed by atoms with E-state index in [0.29, 0.717) is 17.4 Å². The smallest absolute Gasteiger partial charge is 0.282 e. The van der Waals surface area contributed by atoms with E-state index < -0.39 is 0 Å². The molecule has 4 rings (SSSR count). The number of benzene rings is 1. The van der Waals surface area contributed by atoms with Crippen LogP contribution in [-0.4, -0.2) is 16.4 Å². The second kappa shape index (κ2) is 5.23. The van der Waals surface area contributed by atoms with Crippen LogP contribution in [-0.2, 0) is 0 Å². The van der Waals surface area contributed by atoms with Crippen molar-refractivity contribution in [2.75, 3.05) is 12.4 Å². The number of hydrogen-bond acceptors (Lipinski definition) is 3. The maximum atomic E-state index is 12.7. The number of rotatable bonds is 3. The van der Waals surface area contributed by atoms with Gasteiger partial charge >= 0.3 is 0 Å². The molecule has 23 heavy (non-hydrogen) atoms. The zero-order chi connectivity index (χ0) is 16.0. The molecule has 1 fully saturated rings. The molecule has 4 heteroatoms. The van der Waals surface area contributed by atoms with Crippen molar-refractivity contribution in [3.05, 3.63) is 64.1 Å². The van der Waals surface area contributed by atoms with Crippen molar-refractivity contribution in [1.82, 2.24) is 9.38 Å². The third kappa shape index (κ3) is 2.31. The Morgan fingerprint density at radius 3 is 2.70 bits per heavy atom. The first-order valence-corrected chi connectivity index (χ1v) is 7.99. The van der Waals surface area contributed by atoms with E-state index in [1.807, 2.05) is 41.8 Å². The highest BCUT2D eigenvalue weighted by Gasteiger charge is 2.24. The minimum Gasteiger partial charge on any atom is -0.358 e. The van der Waals surface area contributed by atoms with Crippen LogP contribution in [0.4, 0.5) is 5.95 Å². The van der Waals surface area contributed by atoms with Crippen LogP contribution in [0.1, 0.15) is 29.9 Å². The summed E-state index contributed by atoms with van der Waals surface area (Å²) >= 11 is 0. The van der Waals surface area contributed by atoms with Crippen LogP contribution in [0.2, 0.25) is 0 Å². The molecule has 3 aromatic rings. The quantitative estimate of drug-likeness (QED) is 0.804. The third-order valence-electron chi connectivity index (χ3n) is 4.57. The maximum Gasteiger partial charge on any atom is 0.282 e. The Morgan fingerprint density at radius 1 is 1.22 bits per heavy atom. The molecular formula is C19H19N3O. The Labute approximate surface area is 134 Å². The molecule has 0 saturated heterocycles. The summed E-state index contributed by atoms with van der Waals surface area (Å²) in [7, 11) is 1.79. The van der Waals surface area contributed by atoms with Crippen LogP contribution in [0.3, 0.4) is 0 Å². The summed E-state index contributed by atoms with van der Waals surface area (Å²) in [6.45, 7) is 2.03. The Bertz CT molecular complexity index is 954. The average molecular weight is 305 g/mol. The fraction of sp³-hybridized carbons (Fsp3) is 0.263. The first kappa shape index (κ1) is 14.0. The van der Waals surface area contributed by atoms with Gasteiger partial charge in [0.1, 0.15) is 0 Å². The summed E-state index contributed by atoms with van der Waals surface area (Å²) in [5, 5.41) is 3.02. The van der Waals surface area contributed by atoms with Gasteiger partial charge in [0, 0.05) is 13.2 Å². The molecule has 0 aliphatic heterocycles. The lowest BCUT2D eigenvalue weighted by Crippen LogP contribution is -2.17. The molecular weight excluding hydrogens is 286 g/mol. The maximum absolute atomic E-state index is 12.7. The van der Waals surface area contributed by atoms with Crippen molar-refractivity contribution in [3.63, 3.8) is 0 Å². The molecule has 4 nitrogen and oxygen atoms in total. The molecule has 1 aliphatic rings. The molecule has 1 saturated carbocycles. The summed E-state index contributed by atoms with van der Waals surface area (Å²) in [6.07, 6.45) is 4.50. The van der Waals surface area contributed by atoms with Gasteiger partial charge in [-0.25, -0.2) is 0 Å². The molecule has 2 heterocycles. The second-order valence-electron chi connectivity index (χ2n) is 6.17. The van der Waals surface area contributed by atoms with Crippen LogP contribution in [0.5, 0.6) is 0 Å². The van der Waals surface area contributed by atoms with E-state index in [2.05, 4.69) is 22.4 Å². The zero-order valence-corrected chi connectivity index (χ0v) is 13.3. The molecule has 0 radical (unpaired) electrons. The third-order valence-corrected chi connectivity index (χ3v) is 4.57. The highest BCUT2D eigenvalue weighted by atomic mass is 16.1. The normalized spacial score (nSPS) is 14.2. The van der Waals surface area contributed by atoms with Gasteiger partial charge in [-0.15, -0.1) is 0 Å². The van der Waals surface area contributed by atoms with E-state index >= 15 is 0 Å². The molecule has 1 aliphatic carbocycles. The number of nitrogens with zero attached hydrogens (tertiary/aromatic N) is 2. The van der Waals surface area contributed by atoms with Gasteiger partial charge in [0.2, 0.25) is 5.95 Å². The lowest BCUT2D eigenvalue weighted by Gasteiger charge is -2.14. The Hall–Kier alpha value is -2.62. The highest BCUT2D eigenvalue weighted by Crippen LogP contribution is 2.41. The number of anilines is 1. The van der Waals surface area contributed by atoms with Crippen molar-refractivity contribution >= 4 is 11.5 Å². The summed E-state index contributed by atoms with van der Waals surface area (Å²) in [6, 6.07) is 12.3. The van der Waals surface area contributed by atoms with Gasteiger partial charge in [-0.05, 0) is 54.5 Å². The van der Waals surface area contributed by atoms with E-state index in [9.17, 15) is 4.79 Å². The number of aryl methyl sites for hydroxylation is 1. The first-order chi connectivity index (χ1) is 11.2. The predicted molar refractivity (Wildman–Crippen MR) is 93.2 cm³/mol. The number of hydrogen-bond donors (Lipinski definition) is 1. The average Bonchev–Trinajstić information content (AvgIpc) is 3.40. The second-order valence-corrected chi connectivity index (χ2v) is 6.17. The van der Waals surface area contributed by atoms with Crippen LogP contribution in [0.15, 0.2) is 47.4 Å². The summed E-state index contributed by atoms with van der Waals surface area (Å²) < 4.78 is 1.97. The number of nitrogens with one attached hydrogen (secondary N) is 1. The fourth-order valence-electron chi connectivity index (χ4n) is 3.16. The van der Waals surface area contributed by atoms with Crippen molar-refractivity contribution in [1.29, 1.82) is 0 Å². The van der Waals surface area contributed by atoms with E-state index in [1.165, 1.54) is 18.4 Å². The number of pyridine rings is 1. The van der Waals surface area contributed by atoms with Gasteiger partial charge in [-0.1, -0.05) is 24.3 Å². The Balaban J connectivity index is 2.09.